The van der Waals surface area contributed by atoms with Gasteiger partial charge in [0.25, 0.3) is 5.89 Å². The number of alkyl carbamates (subject to hydrolysis) is 1. The average molecular weight is 415 g/mol. The Labute approximate surface area is 153 Å². The molecule has 0 aliphatic heterocycles. The molecule has 0 aliphatic carbocycles. The van der Waals surface area contributed by atoms with Crippen LogP contribution in [0.1, 0.15) is 33.1 Å². The molecule has 0 spiro atoms. The second-order valence-electron chi connectivity index (χ2n) is 6.38. The first-order valence-electron chi connectivity index (χ1n) is 7.77. The fraction of sp³-hybridized carbons (Fsp3) is 0.500. The van der Waals surface area contributed by atoms with Crippen LogP contribution in [-0.2, 0) is 11.2 Å². The number of nitrogens with zero attached hydrogens (tertiary/aromatic N) is 3. The Balaban J connectivity index is 1.90. The maximum Gasteiger partial charge on any atom is 0.407 e. The van der Waals surface area contributed by atoms with Crippen LogP contribution in [0.4, 0.5) is 9.18 Å². The summed E-state index contributed by atoms with van der Waals surface area (Å²) in [4.78, 5) is 15.9. The smallest absolute Gasteiger partial charge is 0.407 e. The molecular weight excluding hydrogens is 395 g/mol. The van der Waals surface area contributed by atoms with Gasteiger partial charge < -0.3 is 14.5 Å². The first kappa shape index (κ1) is 19.3. The van der Waals surface area contributed by atoms with E-state index in [1.165, 1.54) is 0 Å². The summed E-state index contributed by atoms with van der Waals surface area (Å²) in [7, 11) is 0. The first-order chi connectivity index (χ1) is 11.8. The number of carbonyl (C=O) groups excluding carboxylic acids is 1. The zero-order valence-electron chi connectivity index (χ0n) is 14.3. The minimum Gasteiger partial charge on any atom is -0.444 e. The number of amides is 1. The lowest BCUT2D eigenvalue weighted by Gasteiger charge is -2.22. The van der Waals surface area contributed by atoms with Gasteiger partial charge in [-0.3, -0.25) is 0 Å². The van der Waals surface area contributed by atoms with Gasteiger partial charge in [0, 0.05) is 6.42 Å². The summed E-state index contributed by atoms with van der Waals surface area (Å²) in [5.74, 6) is 0.634. The van der Waals surface area contributed by atoms with Crippen LogP contribution in [0.5, 0.6) is 0 Å². The van der Waals surface area contributed by atoms with Crippen LogP contribution in [0.3, 0.4) is 0 Å². The summed E-state index contributed by atoms with van der Waals surface area (Å²) >= 11 is 3.27. The number of aryl methyl sites for hydroxylation is 1. The highest BCUT2D eigenvalue weighted by atomic mass is 79.9. The Kier molecular flexibility index (Phi) is 6.46. The molecule has 2 rings (SSSR count). The van der Waals surface area contributed by atoms with E-state index in [-0.39, 0.29) is 5.89 Å². The molecule has 2 heterocycles. The SMILES string of the molecule is CC(C)(C)OC(=O)N[C@@H](CF)CCc1nnc(-c2cccc(Br)n2)o1. The Morgan fingerprint density at radius 3 is 2.80 bits per heavy atom. The third-order valence-electron chi connectivity index (χ3n) is 3.01. The van der Waals surface area contributed by atoms with Gasteiger partial charge in [-0.2, -0.15) is 0 Å². The van der Waals surface area contributed by atoms with Crippen molar-refractivity contribution in [1.29, 1.82) is 0 Å². The number of halogens is 2. The highest BCUT2D eigenvalue weighted by molar-refractivity contribution is 9.10. The summed E-state index contributed by atoms with van der Waals surface area (Å²) in [6.07, 6.45) is -0.0194. The average Bonchev–Trinajstić information content (AvgIpc) is 2.98. The lowest BCUT2D eigenvalue weighted by atomic mass is 10.2. The highest BCUT2D eigenvalue weighted by Crippen LogP contribution is 2.18. The van der Waals surface area contributed by atoms with Crippen LogP contribution < -0.4 is 5.32 Å². The maximum absolute atomic E-state index is 13.1. The number of aromatic nitrogens is 3. The molecule has 0 fully saturated rings. The lowest BCUT2D eigenvalue weighted by Crippen LogP contribution is -2.40. The van der Waals surface area contributed by atoms with Crippen LogP contribution in [0, 0.1) is 0 Å². The van der Waals surface area contributed by atoms with Crippen molar-refractivity contribution in [2.75, 3.05) is 6.67 Å². The van der Waals surface area contributed by atoms with E-state index in [1.54, 1.807) is 39.0 Å². The van der Waals surface area contributed by atoms with Gasteiger partial charge in [-0.15, -0.1) is 10.2 Å². The molecule has 0 radical (unpaired) electrons. The molecule has 0 bridgehead atoms. The predicted octanol–water partition coefficient (Wildman–Crippen LogP) is 3.69. The molecule has 2 aromatic heterocycles. The Hall–Kier alpha value is -2.03. The van der Waals surface area contributed by atoms with Crippen molar-refractivity contribution in [3.63, 3.8) is 0 Å². The molecule has 1 atom stereocenters. The van der Waals surface area contributed by atoms with Crippen LogP contribution >= 0.6 is 15.9 Å². The van der Waals surface area contributed by atoms with Crippen LogP contribution in [0.2, 0.25) is 0 Å². The topological polar surface area (TPSA) is 90.1 Å². The molecule has 0 aliphatic rings. The normalized spacial score (nSPS) is 12.7. The molecule has 25 heavy (non-hydrogen) atoms. The minimum absolute atomic E-state index is 0.285. The second kappa shape index (κ2) is 8.37. The van der Waals surface area contributed by atoms with Crippen molar-refractivity contribution in [2.45, 2.75) is 45.3 Å². The number of hydrogen-bond donors (Lipinski definition) is 1. The molecule has 136 valence electrons. The number of alkyl halides is 1. The van der Waals surface area contributed by atoms with E-state index in [9.17, 15) is 9.18 Å². The van der Waals surface area contributed by atoms with Crippen molar-refractivity contribution in [2.24, 2.45) is 0 Å². The monoisotopic (exact) mass is 414 g/mol. The van der Waals surface area contributed by atoms with E-state index in [4.69, 9.17) is 9.15 Å². The quantitative estimate of drug-likeness (QED) is 0.724. The van der Waals surface area contributed by atoms with E-state index in [0.29, 0.717) is 29.0 Å². The highest BCUT2D eigenvalue weighted by Gasteiger charge is 2.20. The third-order valence-corrected chi connectivity index (χ3v) is 3.46. The standard InChI is InChI=1S/C16H20BrFN4O3/c1-16(2,3)25-15(23)19-10(9-18)7-8-13-21-22-14(24-13)11-5-4-6-12(17)20-11/h4-6,10H,7-9H2,1-3H3,(H,19,23)/t10-/m1/s1. The van der Waals surface area contributed by atoms with Gasteiger partial charge in [-0.25, -0.2) is 14.2 Å². The van der Waals surface area contributed by atoms with Gasteiger partial charge in [0.1, 0.15) is 22.6 Å². The van der Waals surface area contributed by atoms with Gasteiger partial charge >= 0.3 is 6.09 Å². The first-order valence-corrected chi connectivity index (χ1v) is 8.57. The zero-order valence-corrected chi connectivity index (χ0v) is 15.8. The fourth-order valence-electron chi connectivity index (χ4n) is 1.95. The molecule has 2 aromatic rings. The van der Waals surface area contributed by atoms with E-state index in [2.05, 4.69) is 36.4 Å². The molecule has 0 saturated heterocycles. The van der Waals surface area contributed by atoms with Gasteiger partial charge in [0.15, 0.2) is 0 Å². The number of ether oxygens (including phenoxy) is 1. The molecule has 7 nitrogen and oxygen atoms in total. The molecular formula is C16H20BrFN4O3. The molecule has 0 unspecified atom stereocenters. The van der Waals surface area contributed by atoms with E-state index < -0.39 is 24.4 Å². The van der Waals surface area contributed by atoms with Crippen molar-refractivity contribution >= 4 is 22.0 Å². The third kappa shape index (κ3) is 6.41. The molecule has 9 heteroatoms. The van der Waals surface area contributed by atoms with E-state index in [1.807, 2.05) is 0 Å². The summed E-state index contributed by atoms with van der Waals surface area (Å²) in [5, 5.41) is 10.4. The Bertz CT molecular complexity index is 717. The Morgan fingerprint density at radius 1 is 1.40 bits per heavy atom. The van der Waals surface area contributed by atoms with Gasteiger partial charge in [0.05, 0.1) is 6.04 Å². The van der Waals surface area contributed by atoms with E-state index >= 15 is 0 Å². The van der Waals surface area contributed by atoms with Crippen molar-refractivity contribution in [3.8, 4) is 11.6 Å². The van der Waals surface area contributed by atoms with Gasteiger partial charge in [-0.05, 0) is 55.3 Å². The second-order valence-corrected chi connectivity index (χ2v) is 7.20. The minimum atomic E-state index is -0.715. The number of rotatable bonds is 6. The molecule has 0 aromatic carbocycles. The number of nitrogens with one attached hydrogen (secondary N) is 1. The van der Waals surface area contributed by atoms with Crippen molar-refractivity contribution < 1.29 is 18.3 Å². The summed E-state index contributed by atoms with van der Waals surface area (Å²) < 4.78 is 24.4. The number of pyridine rings is 1. The lowest BCUT2D eigenvalue weighted by molar-refractivity contribution is 0.0493. The predicted molar refractivity (Wildman–Crippen MR) is 92.7 cm³/mol. The summed E-state index contributed by atoms with van der Waals surface area (Å²) in [5.41, 5.74) is -0.0921. The largest absolute Gasteiger partial charge is 0.444 e. The van der Waals surface area contributed by atoms with Gasteiger partial charge in [0.2, 0.25) is 5.89 Å². The molecule has 0 saturated carbocycles. The molecule has 1 N–H and O–H groups in total. The van der Waals surface area contributed by atoms with Crippen LogP contribution in [0.15, 0.2) is 27.2 Å². The van der Waals surface area contributed by atoms with Crippen LogP contribution in [-0.4, -0.2) is 39.6 Å². The number of carbonyl (C=O) groups is 1. The zero-order chi connectivity index (χ0) is 18.4. The van der Waals surface area contributed by atoms with Crippen LogP contribution in [0.25, 0.3) is 11.6 Å². The van der Waals surface area contributed by atoms with Crippen molar-refractivity contribution in [1.82, 2.24) is 20.5 Å². The number of hydrogen-bond acceptors (Lipinski definition) is 6. The maximum atomic E-state index is 13.1. The van der Waals surface area contributed by atoms with Gasteiger partial charge in [-0.1, -0.05) is 6.07 Å². The summed E-state index contributed by atoms with van der Waals surface area (Å²) in [6.45, 7) is 4.51. The summed E-state index contributed by atoms with van der Waals surface area (Å²) in [6, 6.07) is 4.65. The van der Waals surface area contributed by atoms with E-state index in [0.717, 1.165) is 0 Å². The van der Waals surface area contributed by atoms with Crippen molar-refractivity contribution in [3.05, 3.63) is 28.7 Å². The Morgan fingerprint density at radius 2 is 2.16 bits per heavy atom. The fourth-order valence-corrected chi connectivity index (χ4v) is 2.29. The molecule has 1 amide bonds.